The van der Waals surface area contributed by atoms with Gasteiger partial charge in [0.05, 0.1) is 17.3 Å². The van der Waals surface area contributed by atoms with Crippen molar-refractivity contribution >= 4 is 36.3 Å². The van der Waals surface area contributed by atoms with Gasteiger partial charge in [0.15, 0.2) is 0 Å². The van der Waals surface area contributed by atoms with Crippen molar-refractivity contribution in [3.63, 3.8) is 0 Å². The first kappa shape index (κ1) is 13.6. The Balaban J connectivity index is 2.32. The fraction of sp³-hybridized carbons (Fsp3) is 0.0769. The Hall–Kier alpha value is -1.85. The van der Waals surface area contributed by atoms with Crippen molar-refractivity contribution < 1.29 is 10.2 Å². The van der Waals surface area contributed by atoms with E-state index in [2.05, 4.69) is 10.2 Å². The minimum Gasteiger partial charge on any atom is -0.508 e. The fourth-order valence-corrected chi connectivity index (χ4v) is 1.73. The molecule has 0 heterocycles. The number of aliphatic hydroxyl groups is 1. The summed E-state index contributed by atoms with van der Waals surface area (Å²) in [5, 5.41) is 26.9. The number of aromatic hydroxyl groups is 1. The summed E-state index contributed by atoms with van der Waals surface area (Å²) in [5.74, 6) is 0.0634. The molecule has 6 heteroatoms. The molecule has 94 valence electrons. The monoisotopic (exact) mass is 272 g/mol. The Bertz CT molecular complexity index is 632. The number of nitrogens with zero attached hydrogens (tertiary/aromatic N) is 2. The van der Waals surface area contributed by atoms with Crippen molar-refractivity contribution in [3.8, 4) is 5.75 Å². The fourth-order valence-electron chi connectivity index (χ4n) is 1.51. The van der Waals surface area contributed by atoms with Gasteiger partial charge in [0.25, 0.3) is 0 Å². The van der Waals surface area contributed by atoms with Gasteiger partial charge in [-0.3, -0.25) is 0 Å². The van der Waals surface area contributed by atoms with E-state index >= 15 is 0 Å². The molecule has 0 unspecified atom stereocenters. The van der Waals surface area contributed by atoms with Gasteiger partial charge in [-0.1, -0.05) is 23.1 Å². The van der Waals surface area contributed by atoms with Crippen LogP contribution in [0.5, 0.6) is 5.75 Å². The molecule has 2 radical (unpaired) electrons. The van der Waals surface area contributed by atoms with E-state index in [1.165, 1.54) is 12.1 Å². The van der Waals surface area contributed by atoms with Crippen molar-refractivity contribution in [2.75, 3.05) is 0 Å². The third kappa shape index (κ3) is 3.33. The molecule has 0 aliphatic rings. The Morgan fingerprint density at radius 2 is 1.74 bits per heavy atom. The standard InChI is InChI=1S/C13H10BClN2O2/c14-9-1-3-13(11(15)6-9)17-16-12-4-2-10(19)5-8(12)7-18/h1-6,18-19H,7H2. The van der Waals surface area contributed by atoms with Crippen molar-refractivity contribution in [1.82, 2.24) is 0 Å². The lowest BCUT2D eigenvalue weighted by atomic mass is 9.96. The second-order valence-corrected chi connectivity index (χ2v) is 4.29. The second kappa shape index (κ2) is 5.86. The highest BCUT2D eigenvalue weighted by Crippen LogP contribution is 2.28. The van der Waals surface area contributed by atoms with E-state index in [1.54, 1.807) is 24.3 Å². The predicted octanol–water partition coefficient (Wildman–Crippen LogP) is 2.75. The normalized spacial score (nSPS) is 11.1. The minimum atomic E-state index is -0.238. The molecule has 4 nitrogen and oxygen atoms in total. The largest absolute Gasteiger partial charge is 0.508 e. The van der Waals surface area contributed by atoms with Crippen LogP contribution in [0.25, 0.3) is 0 Å². The van der Waals surface area contributed by atoms with Gasteiger partial charge in [-0.15, -0.1) is 5.11 Å². The van der Waals surface area contributed by atoms with Crippen LogP contribution in [0.3, 0.4) is 0 Å². The molecule has 0 atom stereocenters. The molecule has 2 aromatic rings. The molecule has 0 aromatic heterocycles. The third-order valence-electron chi connectivity index (χ3n) is 2.47. The van der Waals surface area contributed by atoms with Gasteiger partial charge >= 0.3 is 0 Å². The SMILES string of the molecule is [B]c1ccc(N=Nc2ccc(O)cc2CO)c(Cl)c1. The van der Waals surface area contributed by atoms with Crippen LogP contribution in [0.2, 0.25) is 5.02 Å². The minimum absolute atomic E-state index is 0.0634. The predicted molar refractivity (Wildman–Crippen MR) is 75.0 cm³/mol. The molecular weight excluding hydrogens is 262 g/mol. The van der Waals surface area contributed by atoms with E-state index in [4.69, 9.17) is 19.4 Å². The van der Waals surface area contributed by atoms with E-state index in [0.29, 0.717) is 27.4 Å². The first-order valence-electron chi connectivity index (χ1n) is 5.49. The number of hydrogen-bond acceptors (Lipinski definition) is 4. The number of benzene rings is 2. The molecule has 0 amide bonds. The van der Waals surface area contributed by atoms with Crippen LogP contribution in [0.15, 0.2) is 46.6 Å². The molecule has 0 saturated heterocycles. The lowest BCUT2D eigenvalue weighted by molar-refractivity contribution is 0.281. The highest BCUT2D eigenvalue weighted by molar-refractivity contribution is 6.37. The van der Waals surface area contributed by atoms with E-state index in [9.17, 15) is 10.2 Å². The van der Waals surface area contributed by atoms with Crippen molar-refractivity contribution in [1.29, 1.82) is 0 Å². The Morgan fingerprint density at radius 1 is 1.05 bits per heavy atom. The summed E-state index contributed by atoms with van der Waals surface area (Å²) in [6.45, 7) is -0.238. The van der Waals surface area contributed by atoms with Crippen LogP contribution in [0.4, 0.5) is 11.4 Å². The number of phenols is 1. The third-order valence-corrected chi connectivity index (χ3v) is 2.77. The molecule has 0 spiro atoms. The summed E-state index contributed by atoms with van der Waals surface area (Å²) >= 11 is 5.97. The van der Waals surface area contributed by atoms with Crippen molar-refractivity contribution in [2.45, 2.75) is 6.61 Å². The number of halogens is 1. The zero-order chi connectivity index (χ0) is 13.8. The second-order valence-electron chi connectivity index (χ2n) is 3.88. The molecule has 0 saturated carbocycles. The van der Waals surface area contributed by atoms with Gasteiger partial charge in [0.2, 0.25) is 0 Å². The van der Waals surface area contributed by atoms with E-state index < -0.39 is 0 Å². The summed E-state index contributed by atoms with van der Waals surface area (Å²) < 4.78 is 0. The van der Waals surface area contributed by atoms with Gasteiger partial charge < -0.3 is 10.2 Å². The average Bonchev–Trinajstić information content (AvgIpc) is 2.39. The lowest BCUT2D eigenvalue weighted by Crippen LogP contribution is -1.99. The maximum atomic E-state index is 9.31. The smallest absolute Gasteiger partial charge is 0.116 e. The summed E-state index contributed by atoms with van der Waals surface area (Å²) in [7, 11) is 5.58. The lowest BCUT2D eigenvalue weighted by Gasteiger charge is -2.02. The highest BCUT2D eigenvalue weighted by Gasteiger charge is 2.03. The van der Waals surface area contributed by atoms with Crippen LogP contribution in [-0.2, 0) is 6.61 Å². The maximum absolute atomic E-state index is 9.31. The van der Waals surface area contributed by atoms with Crippen molar-refractivity contribution in [2.24, 2.45) is 10.2 Å². The topological polar surface area (TPSA) is 65.2 Å². The number of rotatable bonds is 3. The molecular formula is C13H10BClN2O2. The van der Waals surface area contributed by atoms with Crippen LogP contribution in [0, 0.1) is 0 Å². The highest BCUT2D eigenvalue weighted by atomic mass is 35.5. The molecule has 0 aliphatic heterocycles. The summed E-state index contributed by atoms with van der Waals surface area (Å²) in [6.07, 6.45) is 0. The number of phenolic OH excluding ortho intramolecular Hbond substituents is 1. The quantitative estimate of drug-likeness (QED) is 0.666. The van der Waals surface area contributed by atoms with E-state index in [0.717, 1.165) is 0 Å². The summed E-state index contributed by atoms with van der Waals surface area (Å²) in [5.41, 5.74) is 1.97. The number of aliphatic hydroxyl groups excluding tert-OH is 1. The van der Waals surface area contributed by atoms with Crippen LogP contribution in [-0.4, -0.2) is 18.1 Å². The van der Waals surface area contributed by atoms with Crippen LogP contribution < -0.4 is 5.46 Å². The first-order chi connectivity index (χ1) is 9.10. The maximum Gasteiger partial charge on any atom is 0.116 e. The number of azo groups is 1. The molecule has 2 rings (SSSR count). The van der Waals surface area contributed by atoms with E-state index in [1.807, 2.05) is 0 Å². The molecule has 0 fully saturated rings. The molecule has 0 bridgehead atoms. The van der Waals surface area contributed by atoms with Gasteiger partial charge in [0.1, 0.15) is 19.3 Å². The summed E-state index contributed by atoms with van der Waals surface area (Å²) in [4.78, 5) is 0. The molecule has 19 heavy (non-hydrogen) atoms. The van der Waals surface area contributed by atoms with Crippen LogP contribution >= 0.6 is 11.6 Å². The van der Waals surface area contributed by atoms with Crippen molar-refractivity contribution in [3.05, 3.63) is 47.0 Å². The van der Waals surface area contributed by atoms with Gasteiger partial charge in [-0.05, 0) is 30.3 Å². The number of hydrogen-bond donors (Lipinski definition) is 2. The Kier molecular flexibility index (Phi) is 4.19. The zero-order valence-corrected chi connectivity index (χ0v) is 10.7. The van der Waals surface area contributed by atoms with Crippen LogP contribution in [0.1, 0.15) is 5.56 Å². The Morgan fingerprint density at radius 3 is 2.42 bits per heavy atom. The average molecular weight is 272 g/mol. The van der Waals surface area contributed by atoms with Gasteiger partial charge in [-0.2, -0.15) is 5.11 Å². The van der Waals surface area contributed by atoms with Gasteiger partial charge in [-0.25, -0.2) is 0 Å². The van der Waals surface area contributed by atoms with E-state index in [-0.39, 0.29) is 12.4 Å². The molecule has 0 aliphatic carbocycles. The molecule has 2 aromatic carbocycles. The molecule has 2 N–H and O–H groups in total. The van der Waals surface area contributed by atoms with Gasteiger partial charge in [0, 0.05) is 5.56 Å². The summed E-state index contributed by atoms with van der Waals surface area (Å²) in [6, 6.07) is 9.37. The Labute approximate surface area is 116 Å². The first-order valence-corrected chi connectivity index (χ1v) is 5.87. The zero-order valence-electron chi connectivity index (χ0n) is 9.92.